The Labute approximate surface area is 248 Å². The first-order valence-corrected chi connectivity index (χ1v) is 14.4. The van der Waals surface area contributed by atoms with Crippen LogP contribution in [0.4, 0.5) is 18.0 Å². The molecule has 2 aliphatic rings. The molecule has 2 saturated heterocycles. The number of rotatable bonds is 8. The number of carbonyl (C=O) groups excluding carboxylic acids is 1. The van der Waals surface area contributed by atoms with Gasteiger partial charge in [-0.1, -0.05) is 51.1 Å². The number of carbonyl (C=O) groups is 2. The summed E-state index contributed by atoms with van der Waals surface area (Å²) in [7, 11) is 0. The van der Waals surface area contributed by atoms with Gasteiger partial charge in [-0.2, -0.15) is 5.10 Å². The van der Waals surface area contributed by atoms with Crippen LogP contribution in [0.5, 0.6) is 0 Å². The van der Waals surface area contributed by atoms with E-state index in [1.54, 1.807) is 4.68 Å². The van der Waals surface area contributed by atoms with Gasteiger partial charge in [0.2, 0.25) is 0 Å². The van der Waals surface area contributed by atoms with E-state index in [1.807, 2.05) is 51.1 Å². The van der Waals surface area contributed by atoms with Gasteiger partial charge in [0, 0.05) is 25.6 Å². The van der Waals surface area contributed by atoms with E-state index in [1.165, 1.54) is 4.90 Å². The topological polar surface area (TPSA) is 101 Å². The summed E-state index contributed by atoms with van der Waals surface area (Å²) in [6.07, 6.45) is -2.26. The summed E-state index contributed by atoms with van der Waals surface area (Å²) in [5.41, 5.74) is 0.0282. The van der Waals surface area contributed by atoms with Gasteiger partial charge in [0.05, 0.1) is 24.7 Å². The number of ether oxygens (including phenoxy) is 1. The number of alkyl halides is 1. The highest BCUT2D eigenvalue weighted by Crippen LogP contribution is 2.41. The molecular weight excluding hydrogens is 563 g/mol. The van der Waals surface area contributed by atoms with Crippen LogP contribution in [-0.2, 0) is 16.1 Å². The van der Waals surface area contributed by atoms with Crippen LogP contribution in [0.2, 0.25) is 0 Å². The third kappa shape index (κ3) is 6.69. The maximum absolute atomic E-state index is 15.3. The van der Waals surface area contributed by atoms with Crippen molar-refractivity contribution in [1.29, 1.82) is 0 Å². The zero-order chi connectivity index (χ0) is 30.9. The Morgan fingerprint density at radius 2 is 1.88 bits per heavy atom. The van der Waals surface area contributed by atoms with Gasteiger partial charge in [-0.3, -0.25) is 4.79 Å². The molecule has 2 fully saturated rings. The van der Waals surface area contributed by atoms with Gasteiger partial charge < -0.3 is 19.6 Å². The van der Waals surface area contributed by atoms with Gasteiger partial charge >= 0.3 is 6.09 Å². The number of benzene rings is 2. The van der Waals surface area contributed by atoms with Gasteiger partial charge in [-0.05, 0) is 42.0 Å². The summed E-state index contributed by atoms with van der Waals surface area (Å²) in [6.45, 7) is 5.91. The first-order chi connectivity index (χ1) is 20.4. The van der Waals surface area contributed by atoms with E-state index in [2.05, 4.69) is 5.10 Å². The molecule has 3 heterocycles. The van der Waals surface area contributed by atoms with Crippen LogP contribution in [0.1, 0.15) is 51.0 Å². The lowest BCUT2D eigenvalue weighted by molar-refractivity contribution is -0.147. The molecule has 2 aromatic carbocycles. The van der Waals surface area contributed by atoms with E-state index in [0.29, 0.717) is 25.3 Å². The fourth-order valence-electron chi connectivity index (χ4n) is 5.90. The summed E-state index contributed by atoms with van der Waals surface area (Å²) in [5, 5.41) is 14.1. The first kappa shape index (κ1) is 30.5. The van der Waals surface area contributed by atoms with Crippen LogP contribution in [0.3, 0.4) is 0 Å². The van der Waals surface area contributed by atoms with E-state index in [-0.39, 0.29) is 43.5 Å². The van der Waals surface area contributed by atoms with Crippen molar-refractivity contribution in [3.8, 4) is 11.4 Å². The molecule has 4 atom stereocenters. The van der Waals surface area contributed by atoms with Crippen molar-refractivity contribution in [2.75, 3.05) is 26.2 Å². The van der Waals surface area contributed by atoms with Crippen molar-refractivity contribution in [3.05, 3.63) is 71.6 Å². The van der Waals surface area contributed by atoms with E-state index in [9.17, 15) is 23.5 Å². The molecule has 0 spiro atoms. The molecule has 1 aromatic heterocycles. The zero-order valence-corrected chi connectivity index (χ0v) is 24.4. The minimum Gasteiger partial charge on any atom is -0.465 e. The molecule has 3 aromatic rings. The Hall–Kier alpha value is -3.93. The highest BCUT2D eigenvalue weighted by molar-refractivity contribution is 5.81. The lowest BCUT2D eigenvalue weighted by Gasteiger charge is -2.41. The molecule has 2 unspecified atom stereocenters. The Kier molecular flexibility index (Phi) is 8.77. The summed E-state index contributed by atoms with van der Waals surface area (Å²) < 4.78 is 51.7. The summed E-state index contributed by atoms with van der Waals surface area (Å²) >= 11 is 0. The third-order valence-electron chi connectivity index (χ3n) is 7.97. The fraction of sp³-hybridized carbons (Fsp3) is 0.484. The van der Waals surface area contributed by atoms with E-state index >= 15 is 4.39 Å². The highest BCUT2D eigenvalue weighted by atomic mass is 19.1. The molecule has 0 bridgehead atoms. The van der Waals surface area contributed by atoms with Crippen LogP contribution < -0.4 is 0 Å². The molecule has 0 saturated carbocycles. The number of aromatic nitrogens is 3. The van der Waals surface area contributed by atoms with Crippen molar-refractivity contribution in [1.82, 2.24) is 24.6 Å². The van der Waals surface area contributed by atoms with Crippen molar-refractivity contribution in [2.24, 2.45) is 11.3 Å². The summed E-state index contributed by atoms with van der Waals surface area (Å²) in [5.74, 6) is -2.24. The lowest BCUT2D eigenvalue weighted by atomic mass is 9.83. The van der Waals surface area contributed by atoms with E-state index in [0.717, 1.165) is 28.7 Å². The normalized spacial score (nSPS) is 21.3. The maximum Gasteiger partial charge on any atom is 0.407 e. The molecule has 2 aliphatic heterocycles. The van der Waals surface area contributed by atoms with E-state index in [4.69, 9.17) is 9.72 Å². The summed E-state index contributed by atoms with van der Waals surface area (Å²) in [6, 6.07) is 11.6. The maximum atomic E-state index is 15.3. The Morgan fingerprint density at radius 3 is 2.51 bits per heavy atom. The van der Waals surface area contributed by atoms with Crippen molar-refractivity contribution < 1.29 is 32.6 Å². The molecule has 0 aliphatic carbocycles. The average molecular weight is 600 g/mol. The Bertz CT molecular complexity index is 1460. The molecule has 43 heavy (non-hydrogen) atoms. The number of amides is 2. The number of hydrogen-bond donors (Lipinski definition) is 1. The Morgan fingerprint density at radius 1 is 1.14 bits per heavy atom. The number of hydrogen-bond acceptors (Lipinski definition) is 5. The van der Waals surface area contributed by atoms with Crippen molar-refractivity contribution >= 4 is 12.0 Å². The van der Waals surface area contributed by atoms with Crippen LogP contribution in [0.15, 0.2) is 48.5 Å². The second kappa shape index (κ2) is 12.4. The second-order valence-electron chi connectivity index (χ2n) is 12.3. The standard InChI is InChI=1S/C31H36F3N5O4/c1-31(2,3)26(38(29(40)25-10-7-13-43-25)17-20-16-37(30(41)42)18-24(20)34)28-35-27(22-14-21(32)11-12-23(22)33)36-39(28)15-19-8-5-4-6-9-19/h4-6,8-9,11-12,14,20,24-26H,7,10,13,15-18H2,1-3H3,(H,41,42)/t20?,24?,25-,26-/m0/s1. The highest BCUT2D eigenvalue weighted by Gasteiger charge is 2.45. The van der Waals surface area contributed by atoms with Gasteiger partial charge in [0.1, 0.15) is 23.9 Å². The van der Waals surface area contributed by atoms with Gasteiger partial charge in [0.25, 0.3) is 5.91 Å². The molecule has 2 amide bonds. The van der Waals surface area contributed by atoms with Crippen LogP contribution >= 0.6 is 0 Å². The quantitative estimate of drug-likeness (QED) is 0.377. The molecular formula is C31H36F3N5O4. The molecule has 9 nitrogen and oxygen atoms in total. The van der Waals surface area contributed by atoms with Crippen LogP contribution in [-0.4, -0.2) is 80.2 Å². The number of carboxylic acid groups (broad SMARTS) is 1. The first-order valence-electron chi connectivity index (χ1n) is 14.4. The summed E-state index contributed by atoms with van der Waals surface area (Å²) in [4.78, 5) is 33.0. The molecule has 5 rings (SSSR count). The molecule has 1 N–H and O–H groups in total. The number of halogens is 3. The van der Waals surface area contributed by atoms with E-state index < -0.39 is 47.4 Å². The zero-order valence-electron chi connectivity index (χ0n) is 24.4. The molecule has 0 radical (unpaired) electrons. The minimum atomic E-state index is -1.48. The number of nitrogens with zero attached hydrogens (tertiary/aromatic N) is 5. The predicted molar refractivity (Wildman–Crippen MR) is 152 cm³/mol. The van der Waals surface area contributed by atoms with Gasteiger partial charge in [-0.15, -0.1) is 0 Å². The average Bonchev–Trinajstić information content (AvgIpc) is 3.71. The third-order valence-corrected chi connectivity index (χ3v) is 7.97. The Balaban J connectivity index is 1.63. The van der Waals surface area contributed by atoms with Crippen LogP contribution in [0, 0.1) is 23.0 Å². The fourth-order valence-corrected chi connectivity index (χ4v) is 5.90. The largest absolute Gasteiger partial charge is 0.465 e. The minimum absolute atomic E-state index is 0.0528. The smallest absolute Gasteiger partial charge is 0.407 e. The van der Waals surface area contributed by atoms with Crippen molar-refractivity contribution in [3.63, 3.8) is 0 Å². The van der Waals surface area contributed by atoms with Crippen LogP contribution in [0.25, 0.3) is 11.4 Å². The lowest BCUT2D eigenvalue weighted by Crippen LogP contribution is -2.49. The SMILES string of the molecule is CC(C)(C)[C@H](c1nc(-c2cc(F)ccc2F)nn1Cc1ccccc1)N(CC1CN(C(=O)O)CC1F)C(=O)[C@@H]1CCCO1. The van der Waals surface area contributed by atoms with Gasteiger partial charge in [0.15, 0.2) is 11.6 Å². The molecule has 12 heteroatoms. The number of likely N-dealkylation sites (tertiary alicyclic amines) is 1. The monoisotopic (exact) mass is 599 g/mol. The predicted octanol–water partition coefficient (Wildman–Crippen LogP) is 5.31. The molecule has 230 valence electrons. The van der Waals surface area contributed by atoms with Gasteiger partial charge in [-0.25, -0.2) is 27.6 Å². The van der Waals surface area contributed by atoms with Crippen molar-refractivity contribution in [2.45, 2.75) is 58.5 Å². The second-order valence-corrected chi connectivity index (χ2v) is 12.3.